The number of halogens is 3. The first kappa shape index (κ1) is 12.4. The van der Waals surface area contributed by atoms with Crippen LogP contribution in [0.25, 0.3) is 0 Å². The van der Waals surface area contributed by atoms with Crippen molar-refractivity contribution in [3.05, 3.63) is 12.2 Å². The first-order chi connectivity index (χ1) is 7.88. The van der Waals surface area contributed by atoms with E-state index in [1.165, 1.54) is 0 Å². The van der Waals surface area contributed by atoms with E-state index in [2.05, 4.69) is 11.3 Å². The molecule has 1 saturated carbocycles. The average molecular weight is 250 g/mol. The van der Waals surface area contributed by atoms with Crippen molar-refractivity contribution in [2.75, 3.05) is 6.61 Å². The van der Waals surface area contributed by atoms with Gasteiger partial charge in [0.25, 0.3) is 0 Å². The van der Waals surface area contributed by atoms with Gasteiger partial charge in [-0.3, -0.25) is 0 Å². The molecule has 1 aliphatic heterocycles. The summed E-state index contributed by atoms with van der Waals surface area (Å²) in [4.78, 5) is 11.1. The molecule has 1 saturated heterocycles. The van der Waals surface area contributed by atoms with E-state index >= 15 is 0 Å². The zero-order valence-electron chi connectivity index (χ0n) is 9.13. The summed E-state index contributed by atoms with van der Waals surface area (Å²) in [7, 11) is 0. The zero-order chi connectivity index (χ0) is 12.6. The molecule has 2 aliphatic rings. The van der Waals surface area contributed by atoms with Crippen LogP contribution in [-0.2, 0) is 14.3 Å². The summed E-state index contributed by atoms with van der Waals surface area (Å²) in [6.45, 7) is 2.70. The Balaban J connectivity index is 1.74. The number of hydrogen-bond donors (Lipinski definition) is 0. The van der Waals surface area contributed by atoms with Gasteiger partial charge in [0.2, 0.25) is 0 Å². The summed E-state index contributed by atoms with van der Waals surface area (Å²) in [5.41, 5.74) is -1.45. The van der Waals surface area contributed by atoms with Gasteiger partial charge in [-0.1, -0.05) is 6.58 Å². The Morgan fingerprint density at radius 3 is 2.65 bits per heavy atom. The minimum absolute atomic E-state index is 0.0144. The molecule has 0 aromatic rings. The third kappa shape index (κ3) is 3.00. The highest BCUT2D eigenvalue weighted by Crippen LogP contribution is 2.39. The van der Waals surface area contributed by atoms with Crippen LogP contribution in [0.4, 0.5) is 13.2 Å². The van der Waals surface area contributed by atoms with Crippen LogP contribution in [0.5, 0.6) is 0 Å². The number of carbonyl (C=O) groups is 1. The fourth-order valence-corrected chi connectivity index (χ4v) is 2.03. The van der Waals surface area contributed by atoms with Crippen molar-refractivity contribution >= 4 is 5.97 Å². The number of fused-ring (bicyclic) bond motifs is 1. The van der Waals surface area contributed by atoms with Crippen molar-refractivity contribution < 1.29 is 27.4 Å². The fourth-order valence-electron chi connectivity index (χ4n) is 2.03. The third-order valence-electron chi connectivity index (χ3n) is 3.15. The first-order valence-corrected chi connectivity index (χ1v) is 5.46. The van der Waals surface area contributed by atoms with Gasteiger partial charge in [-0.15, -0.1) is 0 Å². The van der Waals surface area contributed by atoms with Gasteiger partial charge < -0.3 is 9.47 Å². The molecule has 0 radical (unpaired) electrons. The monoisotopic (exact) mass is 250 g/mol. The molecule has 17 heavy (non-hydrogen) atoms. The minimum Gasteiger partial charge on any atom is -0.462 e. The largest absolute Gasteiger partial charge is 0.462 e. The summed E-state index contributed by atoms with van der Waals surface area (Å²) in [5, 5.41) is 0. The van der Waals surface area contributed by atoms with Crippen molar-refractivity contribution in [2.45, 2.75) is 37.6 Å². The molecular weight excluding hydrogens is 237 g/mol. The van der Waals surface area contributed by atoms with Crippen LogP contribution in [0.1, 0.15) is 19.3 Å². The van der Waals surface area contributed by atoms with Crippen LogP contribution >= 0.6 is 0 Å². The number of alkyl halides is 3. The molecule has 2 rings (SSSR count). The number of epoxide rings is 1. The molecule has 0 aromatic carbocycles. The van der Waals surface area contributed by atoms with Crippen LogP contribution < -0.4 is 0 Å². The maximum absolute atomic E-state index is 12.1. The molecular formula is C11H13F3O3. The van der Waals surface area contributed by atoms with E-state index < -0.39 is 17.7 Å². The topological polar surface area (TPSA) is 38.8 Å². The lowest BCUT2D eigenvalue weighted by Gasteiger charge is -2.19. The van der Waals surface area contributed by atoms with E-state index in [0.717, 1.165) is 19.3 Å². The molecule has 6 heteroatoms. The molecule has 96 valence electrons. The Labute approximate surface area is 96.6 Å². The molecule has 3 atom stereocenters. The quantitative estimate of drug-likeness (QED) is 0.438. The molecule has 1 heterocycles. The first-order valence-electron chi connectivity index (χ1n) is 5.46. The van der Waals surface area contributed by atoms with Crippen LogP contribution in [0.2, 0.25) is 0 Å². The number of ether oxygens (including phenoxy) is 2. The molecule has 0 bridgehead atoms. The summed E-state index contributed by atoms with van der Waals surface area (Å²) in [6, 6.07) is 0. The highest BCUT2D eigenvalue weighted by Gasteiger charge is 2.44. The van der Waals surface area contributed by atoms with E-state index in [-0.39, 0.29) is 18.6 Å². The highest BCUT2D eigenvalue weighted by atomic mass is 19.4. The molecule has 3 unspecified atom stereocenters. The zero-order valence-corrected chi connectivity index (χ0v) is 9.13. The Morgan fingerprint density at radius 1 is 1.35 bits per heavy atom. The van der Waals surface area contributed by atoms with Gasteiger partial charge in [0.1, 0.15) is 5.57 Å². The second kappa shape index (κ2) is 4.33. The summed E-state index contributed by atoms with van der Waals surface area (Å²) in [6.07, 6.45) is -1.68. The molecule has 0 spiro atoms. The van der Waals surface area contributed by atoms with Gasteiger partial charge in [0.15, 0.2) is 0 Å². The van der Waals surface area contributed by atoms with Crippen molar-refractivity contribution in [1.82, 2.24) is 0 Å². The standard InChI is InChI=1S/C11H13F3O3/c1-6(11(12,13)14)10(15)16-5-7-2-3-8-9(4-7)17-8/h7-9H,1-5H2. The number of carbonyl (C=O) groups excluding carboxylic acids is 1. The molecule has 0 N–H and O–H groups in total. The van der Waals surface area contributed by atoms with E-state index in [4.69, 9.17) is 4.74 Å². The van der Waals surface area contributed by atoms with E-state index in [1.807, 2.05) is 0 Å². The average Bonchev–Trinajstić information content (AvgIpc) is 3.01. The molecule has 1 aliphatic carbocycles. The maximum atomic E-state index is 12.1. The number of esters is 1. The Hall–Kier alpha value is -1.04. The second-order valence-corrected chi connectivity index (χ2v) is 4.47. The molecule has 3 nitrogen and oxygen atoms in total. The van der Waals surface area contributed by atoms with Crippen LogP contribution in [0.3, 0.4) is 0 Å². The van der Waals surface area contributed by atoms with Gasteiger partial charge >= 0.3 is 12.1 Å². The lowest BCUT2D eigenvalue weighted by Crippen LogP contribution is -2.25. The smallest absolute Gasteiger partial charge is 0.422 e. The Bertz CT molecular complexity index is 337. The van der Waals surface area contributed by atoms with Crippen molar-refractivity contribution in [2.24, 2.45) is 5.92 Å². The molecule has 2 fully saturated rings. The Kier molecular flexibility index (Phi) is 3.16. The molecule has 0 aromatic heterocycles. The lowest BCUT2D eigenvalue weighted by molar-refractivity contribution is -0.152. The minimum atomic E-state index is -4.71. The number of rotatable bonds is 3. The lowest BCUT2D eigenvalue weighted by atomic mass is 9.90. The van der Waals surface area contributed by atoms with Crippen molar-refractivity contribution in [3.63, 3.8) is 0 Å². The number of hydrogen-bond acceptors (Lipinski definition) is 3. The summed E-state index contributed by atoms with van der Waals surface area (Å²) < 4.78 is 46.2. The van der Waals surface area contributed by atoms with Gasteiger partial charge in [-0.25, -0.2) is 4.79 Å². The van der Waals surface area contributed by atoms with E-state index in [9.17, 15) is 18.0 Å². The van der Waals surface area contributed by atoms with Crippen LogP contribution in [-0.4, -0.2) is 31.0 Å². The third-order valence-corrected chi connectivity index (χ3v) is 3.15. The van der Waals surface area contributed by atoms with Crippen LogP contribution in [0.15, 0.2) is 12.2 Å². The predicted octanol–water partition coefficient (Wildman–Crippen LogP) is 2.22. The highest BCUT2D eigenvalue weighted by molar-refractivity contribution is 5.89. The second-order valence-electron chi connectivity index (χ2n) is 4.47. The van der Waals surface area contributed by atoms with Crippen molar-refractivity contribution in [3.8, 4) is 0 Å². The predicted molar refractivity (Wildman–Crippen MR) is 52.2 cm³/mol. The summed E-state index contributed by atoms with van der Waals surface area (Å²) in [5.74, 6) is -1.28. The van der Waals surface area contributed by atoms with Crippen molar-refractivity contribution in [1.29, 1.82) is 0 Å². The SMILES string of the molecule is C=C(C(=O)OCC1CCC2OC2C1)C(F)(F)F. The molecule has 0 amide bonds. The Morgan fingerprint density at radius 2 is 2.06 bits per heavy atom. The van der Waals surface area contributed by atoms with Gasteiger partial charge in [-0.05, 0) is 25.2 Å². The van der Waals surface area contributed by atoms with Gasteiger partial charge in [-0.2, -0.15) is 13.2 Å². The maximum Gasteiger partial charge on any atom is 0.422 e. The fraction of sp³-hybridized carbons (Fsp3) is 0.727. The van der Waals surface area contributed by atoms with Crippen LogP contribution in [0, 0.1) is 5.92 Å². The normalized spacial score (nSPS) is 31.6. The van der Waals surface area contributed by atoms with Gasteiger partial charge in [0.05, 0.1) is 18.8 Å². The van der Waals surface area contributed by atoms with Gasteiger partial charge in [0, 0.05) is 0 Å². The summed E-state index contributed by atoms with van der Waals surface area (Å²) >= 11 is 0. The van der Waals surface area contributed by atoms with E-state index in [1.54, 1.807) is 0 Å². The van der Waals surface area contributed by atoms with E-state index in [0.29, 0.717) is 6.10 Å².